The van der Waals surface area contributed by atoms with E-state index in [1.807, 2.05) is 20.8 Å². The Labute approximate surface area is 168 Å². The molecule has 2 N–H and O–H groups in total. The Morgan fingerprint density at radius 3 is 2.72 bits per heavy atom. The molecule has 0 fully saturated rings. The number of benzene rings is 1. The Bertz CT molecular complexity index is 1050. The third-order valence-electron chi connectivity index (χ3n) is 4.95. The summed E-state index contributed by atoms with van der Waals surface area (Å²) in [5.74, 6) is -0.589. The maximum atomic E-state index is 14.7. The van der Waals surface area contributed by atoms with Gasteiger partial charge in [-0.15, -0.1) is 0 Å². The van der Waals surface area contributed by atoms with Crippen molar-refractivity contribution in [1.29, 1.82) is 0 Å². The van der Waals surface area contributed by atoms with Crippen LogP contribution in [0, 0.1) is 5.82 Å². The van der Waals surface area contributed by atoms with Crippen LogP contribution in [0.4, 0.5) is 16.0 Å². The molecule has 0 aliphatic rings. The minimum absolute atomic E-state index is 0.00247. The van der Waals surface area contributed by atoms with Crippen LogP contribution in [-0.2, 0) is 5.41 Å². The number of anilines is 2. The van der Waals surface area contributed by atoms with E-state index in [-0.39, 0.29) is 22.5 Å². The normalized spacial score (nSPS) is 11.3. The highest BCUT2D eigenvalue weighted by atomic mass is 19.1. The van der Waals surface area contributed by atoms with Crippen molar-refractivity contribution in [3.8, 4) is 11.4 Å². The summed E-state index contributed by atoms with van der Waals surface area (Å²) in [7, 11) is 1.50. The van der Waals surface area contributed by atoms with Crippen LogP contribution in [0.2, 0.25) is 0 Å². The SMILES string of the molecule is CCC(C)(C)c1cc(Nc2ncccc2C(=O)O)n(-c2cc(OC)ccc2F)n1. The van der Waals surface area contributed by atoms with Crippen LogP contribution in [0.5, 0.6) is 5.75 Å². The summed E-state index contributed by atoms with van der Waals surface area (Å²) in [6, 6.07) is 9.12. The molecule has 0 aliphatic carbocycles. The lowest BCUT2D eigenvalue weighted by Gasteiger charge is -2.19. The zero-order valence-corrected chi connectivity index (χ0v) is 16.7. The first kappa shape index (κ1) is 20.3. The molecule has 3 aromatic rings. The van der Waals surface area contributed by atoms with E-state index in [2.05, 4.69) is 15.4 Å². The smallest absolute Gasteiger partial charge is 0.339 e. The van der Waals surface area contributed by atoms with Crippen molar-refractivity contribution in [3.63, 3.8) is 0 Å². The maximum Gasteiger partial charge on any atom is 0.339 e. The number of nitrogens with zero attached hydrogens (tertiary/aromatic N) is 3. The van der Waals surface area contributed by atoms with Gasteiger partial charge in [-0.1, -0.05) is 20.8 Å². The van der Waals surface area contributed by atoms with Crippen LogP contribution in [0.25, 0.3) is 5.69 Å². The van der Waals surface area contributed by atoms with Crippen molar-refractivity contribution < 1.29 is 19.0 Å². The van der Waals surface area contributed by atoms with Crippen molar-refractivity contribution in [2.45, 2.75) is 32.6 Å². The van der Waals surface area contributed by atoms with E-state index in [0.717, 1.165) is 12.1 Å². The van der Waals surface area contributed by atoms with Gasteiger partial charge in [0, 0.05) is 23.7 Å². The van der Waals surface area contributed by atoms with Gasteiger partial charge in [0.2, 0.25) is 0 Å². The number of carboxylic acids is 1. The standard InChI is InChI=1S/C21H23FN4O3/c1-5-21(2,3)17-12-18(24-19-14(20(27)28)7-6-10-23-19)26(25-17)16-11-13(29-4)8-9-15(16)22/h6-12H,5H2,1-4H3,(H,23,24)(H,27,28). The van der Waals surface area contributed by atoms with E-state index >= 15 is 0 Å². The molecule has 0 bridgehead atoms. The number of ether oxygens (including phenoxy) is 1. The molecule has 2 heterocycles. The Kier molecular flexibility index (Phi) is 5.54. The maximum absolute atomic E-state index is 14.7. The highest BCUT2D eigenvalue weighted by Crippen LogP contribution is 2.32. The molecule has 0 amide bonds. The Hall–Kier alpha value is -3.42. The van der Waals surface area contributed by atoms with E-state index in [9.17, 15) is 14.3 Å². The summed E-state index contributed by atoms with van der Waals surface area (Å²) < 4.78 is 21.3. The zero-order chi connectivity index (χ0) is 21.2. The number of aromatic carboxylic acids is 1. The number of carboxylic acid groups (broad SMARTS) is 1. The van der Waals surface area contributed by atoms with E-state index < -0.39 is 11.8 Å². The number of carbonyl (C=O) groups is 1. The molecular formula is C21H23FN4O3. The third-order valence-corrected chi connectivity index (χ3v) is 4.95. The van der Waals surface area contributed by atoms with Crippen LogP contribution < -0.4 is 10.1 Å². The number of rotatable bonds is 7. The van der Waals surface area contributed by atoms with Gasteiger partial charge in [0.1, 0.15) is 34.5 Å². The van der Waals surface area contributed by atoms with Crippen molar-refractivity contribution in [2.24, 2.45) is 0 Å². The summed E-state index contributed by atoms with van der Waals surface area (Å²) in [5, 5.41) is 17.1. The largest absolute Gasteiger partial charge is 0.497 e. The van der Waals surface area contributed by atoms with Crippen LogP contribution in [-0.4, -0.2) is 33.0 Å². The molecule has 0 atom stereocenters. The van der Waals surface area contributed by atoms with Crippen LogP contribution in [0.3, 0.4) is 0 Å². The fourth-order valence-corrected chi connectivity index (χ4v) is 2.75. The number of methoxy groups -OCH3 is 1. The molecule has 8 heteroatoms. The average Bonchev–Trinajstić information content (AvgIpc) is 3.13. The van der Waals surface area contributed by atoms with Gasteiger partial charge < -0.3 is 15.2 Å². The molecule has 0 aliphatic heterocycles. The van der Waals surface area contributed by atoms with E-state index in [1.165, 1.54) is 42.3 Å². The predicted octanol–water partition coefficient (Wildman–Crippen LogP) is 4.54. The monoisotopic (exact) mass is 398 g/mol. The van der Waals surface area contributed by atoms with Gasteiger partial charge in [0.15, 0.2) is 0 Å². The average molecular weight is 398 g/mol. The van der Waals surface area contributed by atoms with E-state index in [0.29, 0.717) is 11.6 Å². The summed E-state index contributed by atoms with van der Waals surface area (Å²) >= 11 is 0. The summed E-state index contributed by atoms with van der Waals surface area (Å²) in [6.45, 7) is 6.11. The van der Waals surface area contributed by atoms with Gasteiger partial charge in [-0.3, -0.25) is 0 Å². The highest BCUT2D eigenvalue weighted by Gasteiger charge is 2.25. The first-order chi connectivity index (χ1) is 13.8. The zero-order valence-electron chi connectivity index (χ0n) is 16.7. The van der Waals surface area contributed by atoms with E-state index in [1.54, 1.807) is 12.1 Å². The topological polar surface area (TPSA) is 89.3 Å². The molecule has 1 aromatic carbocycles. The minimum atomic E-state index is -1.12. The van der Waals surface area contributed by atoms with E-state index in [4.69, 9.17) is 4.74 Å². The van der Waals surface area contributed by atoms with Gasteiger partial charge in [0.05, 0.1) is 12.8 Å². The number of hydrogen-bond donors (Lipinski definition) is 2. The van der Waals surface area contributed by atoms with Crippen molar-refractivity contribution in [2.75, 3.05) is 12.4 Å². The molecular weight excluding hydrogens is 375 g/mol. The fourth-order valence-electron chi connectivity index (χ4n) is 2.75. The number of aromatic nitrogens is 3. The molecule has 3 rings (SSSR count). The van der Waals surface area contributed by atoms with Crippen molar-refractivity contribution >= 4 is 17.6 Å². The van der Waals surface area contributed by atoms with Crippen LogP contribution in [0.15, 0.2) is 42.6 Å². The Balaban J connectivity index is 2.18. The molecule has 0 saturated heterocycles. The first-order valence-corrected chi connectivity index (χ1v) is 9.16. The molecule has 152 valence electrons. The fraction of sp³-hybridized carbons (Fsp3) is 0.286. The summed E-state index contributed by atoms with van der Waals surface area (Å²) in [5.41, 5.74) is 0.648. The summed E-state index contributed by atoms with van der Waals surface area (Å²) in [4.78, 5) is 15.7. The number of pyridine rings is 1. The lowest BCUT2D eigenvalue weighted by atomic mass is 9.87. The van der Waals surface area contributed by atoms with Gasteiger partial charge in [-0.25, -0.2) is 18.9 Å². The second kappa shape index (κ2) is 7.90. The number of halogens is 1. The van der Waals surface area contributed by atoms with Gasteiger partial charge >= 0.3 is 5.97 Å². The number of nitrogens with one attached hydrogen (secondary N) is 1. The van der Waals surface area contributed by atoms with Crippen molar-refractivity contribution in [1.82, 2.24) is 14.8 Å². The first-order valence-electron chi connectivity index (χ1n) is 9.16. The van der Waals surface area contributed by atoms with Crippen LogP contribution >= 0.6 is 0 Å². The molecule has 2 aromatic heterocycles. The molecule has 0 radical (unpaired) electrons. The summed E-state index contributed by atoms with van der Waals surface area (Å²) in [6.07, 6.45) is 2.30. The minimum Gasteiger partial charge on any atom is -0.497 e. The van der Waals surface area contributed by atoms with Gasteiger partial charge in [-0.05, 0) is 30.7 Å². The Morgan fingerprint density at radius 2 is 2.07 bits per heavy atom. The lowest BCUT2D eigenvalue weighted by Crippen LogP contribution is -2.16. The highest BCUT2D eigenvalue weighted by molar-refractivity contribution is 5.93. The quantitative estimate of drug-likeness (QED) is 0.607. The number of hydrogen-bond acceptors (Lipinski definition) is 5. The van der Waals surface area contributed by atoms with Crippen LogP contribution in [0.1, 0.15) is 43.2 Å². The van der Waals surface area contributed by atoms with Crippen molar-refractivity contribution in [3.05, 3.63) is 59.7 Å². The molecule has 7 nitrogen and oxygen atoms in total. The Morgan fingerprint density at radius 1 is 1.31 bits per heavy atom. The molecule has 0 spiro atoms. The second-order valence-corrected chi connectivity index (χ2v) is 7.21. The molecule has 0 unspecified atom stereocenters. The second-order valence-electron chi connectivity index (χ2n) is 7.21. The molecule has 29 heavy (non-hydrogen) atoms. The van der Waals surface area contributed by atoms with Gasteiger partial charge in [-0.2, -0.15) is 5.10 Å². The molecule has 0 saturated carbocycles. The third kappa shape index (κ3) is 4.06. The predicted molar refractivity (Wildman–Crippen MR) is 108 cm³/mol. The lowest BCUT2D eigenvalue weighted by molar-refractivity contribution is 0.0697. The van der Waals surface area contributed by atoms with Gasteiger partial charge in [0.25, 0.3) is 0 Å².